The number of carbonyl (C=O) groups is 1. The number of nitrogens with one attached hydrogen (secondary N) is 1. The first-order chi connectivity index (χ1) is 9.19. The molecule has 2 aromatic heterocycles. The van der Waals surface area contributed by atoms with Crippen LogP contribution in [0.2, 0.25) is 0 Å². The molecule has 0 radical (unpaired) electrons. The highest BCUT2D eigenvalue weighted by molar-refractivity contribution is 5.76. The van der Waals surface area contributed by atoms with Gasteiger partial charge in [-0.25, -0.2) is 4.98 Å². The minimum Gasteiger partial charge on any atom is -0.398 e. The fourth-order valence-corrected chi connectivity index (χ4v) is 1.80. The second-order valence-electron chi connectivity index (χ2n) is 4.30. The van der Waals surface area contributed by atoms with Gasteiger partial charge in [0.1, 0.15) is 5.65 Å². The number of rotatable bonds is 6. The molecule has 0 spiro atoms. The van der Waals surface area contributed by atoms with Crippen LogP contribution < -0.4 is 11.1 Å². The van der Waals surface area contributed by atoms with Gasteiger partial charge >= 0.3 is 0 Å². The summed E-state index contributed by atoms with van der Waals surface area (Å²) in [5, 5.41) is 2.78. The number of ether oxygens (including phenoxy) is 1. The number of aromatic nitrogens is 2. The van der Waals surface area contributed by atoms with Crippen molar-refractivity contribution >= 4 is 17.2 Å². The van der Waals surface area contributed by atoms with Crippen LogP contribution in [0.25, 0.3) is 5.65 Å². The summed E-state index contributed by atoms with van der Waals surface area (Å²) in [7, 11) is 1.61. The van der Waals surface area contributed by atoms with Crippen LogP contribution in [0.3, 0.4) is 0 Å². The molecule has 0 bridgehead atoms. The maximum atomic E-state index is 11.5. The van der Waals surface area contributed by atoms with E-state index in [0.29, 0.717) is 31.7 Å². The van der Waals surface area contributed by atoms with Gasteiger partial charge in [-0.3, -0.25) is 4.79 Å². The fraction of sp³-hybridized carbons (Fsp3) is 0.385. The van der Waals surface area contributed by atoms with E-state index in [2.05, 4.69) is 10.3 Å². The molecule has 0 atom stereocenters. The molecule has 0 aliphatic rings. The molecule has 0 aromatic carbocycles. The molecule has 2 rings (SSSR count). The van der Waals surface area contributed by atoms with Crippen LogP contribution in [0.4, 0.5) is 5.69 Å². The van der Waals surface area contributed by atoms with Crippen molar-refractivity contribution in [3.05, 3.63) is 30.2 Å². The number of amides is 1. The zero-order chi connectivity index (χ0) is 13.7. The lowest BCUT2D eigenvalue weighted by atomic mass is 10.2. The summed E-state index contributed by atoms with van der Waals surface area (Å²) in [6.45, 7) is 1.07. The van der Waals surface area contributed by atoms with Crippen LogP contribution in [0.5, 0.6) is 0 Å². The highest BCUT2D eigenvalue weighted by Gasteiger charge is 2.05. The lowest BCUT2D eigenvalue weighted by Gasteiger charge is -2.02. The highest BCUT2D eigenvalue weighted by atomic mass is 16.5. The van der Waals surface area contributed by atoms with Crippen molar-refractivity contribution in [2.45, 2.75) is 12.8 Å². The Morgan fingerprint density at radius 3 is 3.11 bits per heavy atom. The van der Waals surface area contributed by atoms with E-state index in [1.807, 2.05) is 28.9 Å². The highest BCUT2D eigenvalue weighted by Crippen LogP contribution is 2.10. The fourth-order valence-electron chi connectivity index (χ4n) is 1.80. The zero-order valence-corrected chi connectivity index (χ0v) is 10.9. The maximum Gasteiger partial charge on any atom is 0.220 e. The number of nitrogens with two attached hydrogens (primary N) is 1. The number of nitrogens with zero attached hydrogens (tertiary/aromatic N) is 2. The summed E-state index contributed by atoms with van der Waals surface area (Å²) in [6.07, 6.45) is 4.74. The number of anilines is 1. The number of carbonyl (C=O) groups excluding carboxylic acids is 1. The van der Waals surface area contributed by atoms with Gasteiger partial charge < -0.3 is 20.2 Å². The zero-order valence-electron chi connectivity index (χ0n) is 10.9. The van der Waals surface area contributed by atoms with Gasteiger partial charge in [-0.05, 0) is 18.6 Å². The van der Waals surface area contributed by atoms with Gasteiger partial charge in [-0.2, -0.15) is 0 Å². The van der Waals surface area contributed by atoms with E-state index in [0.717, 1.165) is 11.3 Å². The molecule has 6 nitrogen and oxygen atoms in total. The third kappa shape index (κ3) is 3.69. The van der Waals surface area contributed by atoms with Crippen molar-refractivity contribution in [1.29, 1.82) is 0 Å². The van der Waals surface area contributed by atoms with E-state index in [-0.39, 0.29) is 5.91 Å². The monoisotopic (exact) mass is 262 g/mol. The SMILES string of the molecule is COCCNC(=O)CCc1cn2cc(N)ccc2n1. The molecule has 6 heteroatoms. The number of imidazole rings is 1. The Morgan fingerprint density at radius 2 is 2.32 bits per heavy atom. The van der Waals surface area contributed by atoms with E-state index in [1.165, 1.54) is 0 Å². The molecular formula is C13H18N4O2. The molecule has 0 saturated heterocycles. The van der Waals surface area contributed by atoms with Gasteiger partial charge in [0.05, 0.1) is 12.3 Å². The van der Waals surface area contributed by atoms with Gasteiger partial charge in [0.25, 0.3) is 0 Å². The van der Waals surface area contributed by atoms with Crippen molar-refractivity contribution in [2.24, 2.45) is 0 Å². The van der Waals surface area contributed by atoms with Gasteiger partial charge in [-0.1, -0.05) is 0 Å². The minimum absolute atomic E-state index is 0.00798. The van der Waals surface area contributed by atoms with Crippen LogP contribution in [0.15, 0.2) is 24.5 Å². The average Bonchev–Trinajstić information content (AvgIpc) is 2.78. The predicted molar refractivity (Wildman–Crippen MR) is 72.8 cm³/mol. The molecule has 2 aromatic rings. The summed E-state index contributed by atoms with van der Waals surface area (Å²) >= 11 is 0. The number of nitrogen functional groups attached to an aromatic ring is 1. The summed E-state index contributed by atoms with van der Waals surface area (Å²) in [5.41, 5.74) is 8.11. The molecule has 0 unspecified atom stereocenters. The summed E-state index contributed by atoms with van der Waals surface area (Å²) in [4.78, 5) is 16.0. The van der Waals surface area contributed by atoms with Crippen LogP contribution in [-0.4, -0.2) is 35.6 Å². The van der Waals surface area contributed by atoms with Crippen LogP contribution in [0.1, 0.15) is 12.1 Å². The number of fused-ring (bicyclic) bond motifs is 1. The van der Waals surface area contributed by atoms with Crippen LogP contribution in [0, 0.1) is 0 Å². The molecule has 2 heterocycles. The average molecular weight is 262 g/mol. The molecule has 0 aliphatic heterocycles. The van der Waals surface area contributed by atoms with Crippen LogP contribution in [-0.2, 0) is 16.0 Å². The van der Waals surface area contributed by atoms with E-state index >= 15 is 0 Å². The number of aryl methyl sites for hydroxylation is 1. The molecule has 0 aliphatic carbocycles. The Labute approximate surface area is 111 Å². The largest absolute Gasteiger partial charge is 0.398 e. The van der Waals surface area contributed by atoms with Gasteiger partial charge in [0.15, 0.2) is 0 Å². The van der Waals surface area contributed by atoms with Crippen molar-refractivity contribution in [3.8, 4) is 0 Å². The molecule has 3 N–H and O–H groups in total. The maximum absolute atomic E-state index is 11.5. The van der Waals surface area contributed by atoms with Crippen molar-refractivity contribution in [3.63, 3.8) is 0 Å². The van der Waals surface area contributed by atoms with E-state index in [4.69, 9.17) is 10.5 Å². The topological polar surface area (TPSA) is 81.6 Å². The number of pyridine rings is 1. The molecular weight excluding hydrogens is 244 g/mol. The second kappa shape index (κ2) is 6.19. The quantitative estimate of drug-likeness (QED) is 0.747. The first-order valence-electron chi connectivity index (χ1n) is 6.18. The number of methoxy groups -OCH3 is 1. The van der Waals surface area contributed by atoms with Crippen LogP contribution >= 0.6 is 0 Å². The predicted octanol–water partition coefficient (Wildman–Crippen LogP) is 0.612. The Morgan fingerprint density at radius 1 is 1.47 bits per heavy atom. The van der Waals surface area contributed by atoms with E-state index in [1.54, 1.807) is 7.11 Å². The first-order valence-corrected chi connectivity index (χ1v) is 6.18. The summed E-state index contributed by atoms with van der Waals surface area (Å²) < 4.78 is 6.73. The molecule has 0 saturated carbocycles. The Kier molecular flexibility index (Phi) is 4.35. The Hall–Kier alpha value is -2.08. The molecule has 102 valence electrons. The normalized spacial score (nSPS) is 10.8. The van der Waals surface area contributed by atoms with Crippen molar-refractivity contribution < 1.29 is 9.53 Å². The smallest absolute Gasteiger partial charge is 0.220 e. The number of hydrogen-bond donors (Lipinski definition) is 2. The third-order valence-electron chi connectivity index (χ3n) is 2.76. The van der Waals surface area contributed by atoms with Gasteiger partial charge in [-0.15, -0.1) is 0 Å². The summed E-state index contributed by atoms with van der Waals surface area (Å²) in [6, 6.07) is 3.67. The van der Waals surface area contributed by atoms with Gasteiger partial charge in [0.2, 0.25) is 5.91 Å². The lowest BCUT2D eigenvalue weighted by Crippen LogP contribution is -2.27. The third-order valence-corrected chi connectivity index (χ3v) is 2.76. The van der Waals surface area contributed by atoms with E-state index in [9.17, 15) is 4.79 Å². The summed E-state index contributed by atoms with van der Waals surface area (Å²) in [5.74, 6) is 0.00798. The Bertz CT molecular complexity index is 565. The van der Waals surface area contributed by atoms with E-state index < -0.39 is 0 Å². The first kappa shape index (κ1) is 13.4. The second-order valence-corrected chi connectivity index (χ2v) is 4.30. The minimum atomic E-state index is 0.00798. The molecule has 0 fully saturated rings. The number of hydrogen-bond acceptors (Lipinski definition) is 4. The molecule has 19 heavy (non-hydrogen) atoms. The standard InChI is InChI=1S/C13H18N4O2/c1-19-7-6-15-13(18)5-3-11-9-17-8-10(14)2-4-12(17)16-11/h2,4,8-9H,3,5-7,14H2,1H3,(H,15,18). The van der Waals surface area contributed by atoms with Gasteiger partial charge in [0, 0.05) is 38.2 Å². The van der Waals surface area contributed by atoms with Crippen molar-refractivity contribution in [1.82, 2.24) is 14.7 Å². The Balaban J connectivity index is 1.89. The van der Waals surface area contributed by atoms with Crippen molar-refractivity contribution in [2.75, 3.05) is 26.0 Å². The molecule has 1 amide bonds. The lowest BCUT2D eigenvalue weighted by molar-refractivity contribution is -0.121.